The molecule has 0 fully saturated rings. The highest BCUT2D eigenvalue weighted by Gasteiger charge is 2.05. The van der Waals surface area contributed by atoms with Gasteiger partial charge in [0.15, 0.2) is 0 Å². The average Bonchev–Trinajstić information content (AvgIpc) is 2.48. The van der Waals surface area contributed by atoms with Crippen LogP contribution in [0.2, 0.25) is 0 Å². The molecule has 0 saturated heterocycles. The van der Waals surface area contributed by atoms with Gasteiger partial charge in [0.2, 0.25) is 0 Å². The van der Waals surface area contributed by atoms with Gasteiger partial charge in [-0.15, -0.1) is 0 Å². The molecular formula is C16H18N2O3. The molecule has 5 heteroatoms. The molecule has 0 aliphatic carbocycles. The van der Waals surface area contributed by atoms with Crippen molar-refractivity contribution in [2.45, 2.75) is 19.9 Å². The van der Waals surface area contributed by atoms with Crippen LogP contribution in [0.3, 0.4) is 0 Å². The summed E-state index contributed by atoms with van der Waals surface area (Å²) in [6.45, 7) is 2.24. The van der Waals surface area contributed by atoms with E-state index in [0.29, 0.717) is 17.0 Å². The number of benzene rings is 2. The quantitative estimate of drug-likeness (QED) is 0.735. The molecule has 2 aromatic rings. The van der Waals surface area contributed by atoms with Crippen molar-refractivity contribution in [1.29, 1.82) is 0 Å². The number of carboxylic acid groups (broad SMARTS) is 1. The van der Waals surface area contributed by atoms with Crippen molar-refractivity contribution < 1.29 is 14.6 Å². The zero-order valence-corrected chi connectivity index (χ0v) is 11.8. The highest BCUT2D eigenvalue weighted by atomic mass is 16.5. The van der Waals surface area contributed by atoms with Crippen LogP contribution in [-0.4, -0.2) is 11.2 Å². The van der Waals surface area contributed by atoms with Gasteiger partial charge in [0.25, 0.3) is 0 Å². The molecule has 0 spiro atoms. The van der Waals surface area contributed by atoms with Crippen molar-refractivity contribution in [2.24, 2.45) is 0 Å². The van der Waals surface area contributed by atoms with Crippen LogP contribution in [0.5, 0.6) is 11.5 Å². The lowest BCUT2D eigenvalue weighted by Crippen LogP contribution is -2.20. The summed E-state index contributed by atoms with van der Waals surface area (Å²) in [7, 11) is 0. The lowest BCUT2D eigenvalue weighted by Gasteiger charge is -2.10. The molecular weight excluding hydrogens is 268 g/mol. The molecule has 0 bridgehead atoms. The van der Waals surface area contributed by atoms with Crippen LogP contribution < -0.4 is 15.8 Å². The number of nitrogens with one attached hydrogen (secondary N) is 1. The number of amides is 1. The first kappa shape index (κ1) is 14.7. The van der Waals surface area contributed by atoms with Crippen LogP contribution in [0.4, 0.5) is 10.5 Å². The molecule has 0 aromatic heterocycles. The van der Waals surface area contributed by atoms with Gasteiger partial charge in [-0.2, -0.15) is 0 Å². The van der Waals surface area contributed by atoms with E-state index >= 15 is 0 Å². The lowest BCUT2D eigenvalue weighted by atomic mass is 10.1. The summed E-state index contributed by atoms with van der Waals surface area (Å²) in [6, 6.07) is 13.0. The van der Waals surface area contributed by atoms with E-state index in [-0.39, 0.29) is 6.54 Å². The van der Waals surface area contributed by atoms with Crippen molar-refractivity contribution in [1.82, 2.24) is 5.32 Å². The van der Waals surface area contributed by atoms with Crippen LogP contribution in [0.15, 0.2) is 42.5 Å². The fraction of sp³-hybridized carbons (Fsp3) is 0.188. The molecule has 2 aromatic carbocycles. The number of nitrogen functional groups attached to an aromatic ring is 1. The number of hydrogen-bond donors (Lipinski definition) is 3. The third kappa shape index (κ3) is 4.14. The summed E-state index contributed by atoms with van der Waals surface area (Å²) < 4.78 is 5.75. The second-order valence-electron chi connectivity index (χ2n) is 4.62. The van der Waals surface area contributed by atoms with Crippen LogP contribution in [0.1, 0.15) is 18.1 Å². The normalized spacial score (nSPS) is 10.1. The zero-order chi connectivity index (χ0) is 15.2. The van der Waals surface area contributed by atoms with E-state index in [1.165, 1.54) is 5.56 Å². The number of ether oxygens (including phenoxy) is 1. The Balaban J connectivity index is 2.12. The zero-order valence-electron chi connectivity index (χ0n) is 11.8. The minimum absolute atomic E-state index is 0.146. The Bertz CT molecular complexity index is 624. The monoisotopic (exact) mass is 286 g/mol. The maximum Gasteiger partial charge on any atom is 0.404 e. The van der Waals surface area contributed by atoms with E-state index in [4.69, 9.17) is 15.6 Å². The van der Waals surface area contributed by atoms with Gasteiger partial charge in [0.05, 0.1) is 0 Å². The Kier molecular flexibility index (Phi) is 4.66. The van der Waals surface area contributed by atoms with Gasteiger partial charge in [0, 0.05) is 12.2 Å². The molecule has 0 saturated carbocycles. The standard InChI is InChI=1S/C16H18N2O3/c1-2-11-3-5-13(6-4-11)21-14-7-8-15(17)12(9-14)10-18-16(19)20/h3-9,18H,2,10,17H2,1H3,(H,19,20). The first-order chi connectivity index (χ1) is 10.1. The molecule has 1 amide bonds. The Morgan fingerprint density at radius 3 is 2.48 bits per heavy atom. The molecule has 0 unspecified atom stereocenters. The minimum atomic E-state index is -1.09. The van der Waals surface area contributed by atoms with Crippen molar-refractivity contribution in [3.8, 4) is 11.5 Å². The fourth-order valence-corrected chi connectivity index (χ4v) is 1.90. The van der Waals surface area contributed by atoms with E-state index in [0.717, 1.165) is 12.2 Å². The second-order valence-corrected chi connectivity index (χ2v) is 4.62. The number of hydrogen-bond acceptors (Lipinski definition) is 3. The van der Waals surface area contributed by atoms with Crippen molar-refractivity contribution in [3.63, 3.8) is 0 Å². The van der Waals surface area contributed by atoms with Gasteiger partial charge in [-0.3, -0.25) is 0 Å². The van der Waals surface area contributed by atoms with E-state index < -0.39 is 6.09 Å². The molecule has 110 valence electrons. The number of anilines is 1. The SMILES string of the molecule is CCc1ccc(Oc2ccc(N)c(CNC(=O)O)c2)cc1. The number of nitrogens with two attached hydrogens (primary N) is 1. The highest BCUT2D eigenvalue weighted by Crippen LogP contribution is 2.25. The number of aryl methyl sites for hydroxylation is 1. The van der Waals surface area contributed by atoms with Gasteiger partial charge in [-0.1, -0.05) is 19.1 Å². The second kappa shape index (κ2) is 6.65. The molecule has 2 rings (SSSR count). The predicted octanol–water partition coefficient (Wildman–Crippen LogP) is 3.39. The van der Waals surface area contributed by atoms with Gasteiger partial charge in [0.1, 0.15) is 11.5 Å². The Morgan fingerprint density at radius 1 is 1.19 bits per heavy atom. The molecule has 0 atom stereocenters. The van der Waals surface area contributed by atoms with E-state index in [1.807, 2.05) is 24.3 Å². The third-order valence-corrected chi connectivity index (χ3v) is 3.11. The van der Waals surface area contributed by atoms with Gasteiger partial charge < -0.3 is 20.9 Å². The molecule has 0 aliphatic rings. The molecule has 4 N–H and O–H groups in total. The minimum Gasteiger partial charge on any atom is -0.465 e. The van der Waals surface area contributed by atoms with Gasteiger partial charge in [-0.05, 0) is 47.9 Å². The van der Waals surface area contributed by atoms with Crippen molar-refractivity contribution in [3.05, 3.63) is 53.6 Å². The fourth-order valence-electron chi connectivity index (χ4n) is 1.90. The summed E-state index contributed by atoms with van der Waals surface area (Å²) >= 11 is 0. The van der Waals surface area contributed by atoms with E-state index in [9.17, 15) is 4.79 Å². The van der Waals surface area contributed by atoms with E-state index in [2.05, 4.69) is 12.2 Å². The smallest absolute Gasteiger partial charge is 0.404 e. The first-order valence-corrected chi connectivity index (χ1v) is 6.70. The van der Waals surface area contributed by atoms with Gasteiger partial charge in [-0.25, -0.2) is 4.79 Å². The van der Waals surface area contributed by atoms with E-state index in [1.54, 1.807) is 18.2 Å². The summed E-state index contributed by atoms with van der Waals surface area (Å²) in [4.78, 5) is 10.5. The Morgan fingerprint density at radius 2 is 1.86 bits per heavy atom. The summed E-state index contributed by atoms with van der Waals surface area (Å²) in [6.07, 6.45) is -0.108. The molecule has 0 heterocycles. The largest absolute Gasteiger partial charge is 0.465 e. The highest BCUT2D eigenvalue weighted by molar-refractivity contribution is 5.65. The van der Waals surface area contributed by atoms with Crippen LogP contribution >= 0.6 is 0 Å². The van der Waals surface area contributed by atoms with Crippen LogP contribution in [0.25, 0.3) is 0 Å². The number of rotatable bonds is 5. The Hall–Kier alpha value is -2.69. The topological polar surface area (TPSA) is 84.6 Å². The summed E-state index contributed by atoms with van der Waals surface area (Å²) in [5, 5.41) is 10.9. The average molecular weight is 286 g/mol. The maximum atomic E-state index is 10.5. The molecule has 21 heavy (non-hydrogen) atoms. The first-order valence-electron chi connectivity index (χ1n) is 6.70. The molecule has 0 aliphatic heterocycles. The molecule has 5 nitrogen and oxygen atoms in total. The van der Waals surface area contributed by atoms with Crippen molar-refractivity contribution >= 4 is 11.8 Å². The Labute approximate surface area is 123 Å². The lowest BCUT2D eigenvalue weighted by molar-refractivity contribution is 0.194. The molecule has 0 radical (unpaired) electrons. The van der Waals surface area contributed by atoms with Gasteiger partial charge >= 0.3 is 6.09 Å². The van der Waals surface area contributed by atoms with Crippen LogP contribution in [-0.2, 0) is 13.0 Å². The maximum absolute atomic E-state index is 10.5. The summed E-state index contributed by atoms with van der Waals surface area (Å²) in [5.41, 5.74) is 8.27. The summed E-state index contributed by atoms with van der Waals surface area (Å²) in [5.74, 6) is 1.35. The van der Waals surface area contributed by atoms with Crippen molar-refractivity contribution in [2.75, 3.05) is 5.73 Å². The third-order valence-electron chi connectivity index (χ3n) is 3.11. The van der Waals surface area contributed by atoms with Crippen LogP contribution in [0, 0.1) is 0 Å². The number of carbonyl (C=O) groups is 1. The predicted molar refractivity (Wildman–Crippen MR) is 81.6 cm³/mol.